The Morgan fingerprint density at radius 2 is 1.86 bits per heavy atom. The fourth-order valence-electron chi connectivity index (χ4n) is 3.63. The van der Waals surface area contributed by atoms with Gasteiger partial charge in [0.1, 0.15) is 23.4 Å². The number of methoxy groups -OCH3 is 2. The van der Waals surface area contributed by atoms with Crippen LogP contribution in [0.5, 0.6) is 11.5 Å². The molecule has 0 saturated heterocycles. The molecule has 2 aromatic heterocycles. The molecule has 0 amide bonds. The van der Waals surface area contributed by atoms with Crippen molar-refractivity contribution in [2.75, 3.05) is 14.2 Å². The lowest BCUT2D eigenvalue weighted by Gasteiger charge is -2.17. The minimum atomic E-state index is 0.166. The number of aryl methyl sites for hydroxylation is 2. The Balaban J connectivity index is 2.27. The molecule has 3 aromatic rings. The summed E-state index contributed by atoms with van der Waals surface area (Å²) in [6, 6.07) is 4.08. The number of rotatable bonds is 8. The lowest BCUT2D eigenvalue weighted by molar-refractivity contribution is 0.355. The van der Waals surface area contributed by atoms with E-state index < -0.39 is 0 Å². The Bertz CT molecular complexity index is 994. The molecule has 0 radical (unpaired) electrons. The first-order valence-corrected chi connectivity index (χ1v) is 9.66. The third-order valence-corrected chi connectivity index (χ3v) is 5.04. The third kappa shape index (κ3) is 3.35. The molecule has 6 nitrogen and oxygen atoms in total. The first-order chi connectivity index (χ1) is 13.6. The zero-order valence-electron chi connectivity index (χ0n) is 17.3. The first kappa shape index (κ1) is 19.9. The average Bonchev–Trinajstić information content (AvgIpc) is 3.10. The number of aromatic nitrogens is 4. The van der Waals surface area contributed by atoms with Crippen LogP contribution in [0.2, 0.25) is 0 Å². The fourth-order valence-corrected chi connectivity index (χ4v) is 3.63. The number of allylic oxidation sites excluding steroid dienone is 1. The fraction of sp³-hybridized carbons (Fsp3) is 0.409. The predicted molar refractivity (Wildman–Crippen MR) is 112 cm³/mol. The van der Waals surface area contributed by atoms with Gasteiger partial charge >= 0.3 is 0 Å². The first-order valence-electron chi connectivity index (χ1n) is 9.66. The molecule has 0 saturated carbocycles. The van der Waals surface area contributed by atoms with Crippen LogP contribution in [0.3, 0.4) is 0 Å². The second-order valence-corrected chi connectivity index (χ2v) is 6.76. The molecule has 28 heavy (non-hydrogen) atoms. The highest BCUT2D eigenvalue weighted by Crippen LogP contribution is 2.37. The Labute approximate surface area is 166 Å². The Hall–Kier alpha value is -2.89. The van der Waals surface area contributed by atoms with Crippen LogP contribution in [-0.4, -0.2) is 33.7 Å². The van der Waals surface area contributed by atoms with Gasteiger partial charge in [-0.05, 0) is 31.0 Å². The second-order valence-electron chi connectivity index (χ2n) is 6.76. The molecule has 0 spiro atoms. The molecule has 0 aliphatic rings. The topological polar surface area (TPSA) is 62.1 Å². The standard InChI is InChI=1S/C22H28N4O2/c1-7-10-15(8-2)26-19(9-3)25-21-20(23-13-24-22(21)26)16-12-18(28-6)17(27-5)11-14(16)4/h8,11-13,15H,2,7,9-10H2,1,3-6H3. The summed E-state index contributed by atoms with van der Waals surface area (Å²) in [6.45, 7) is 10.4. The van der Waals surface area contributed by atoms with Crippen molar-refractivity contribution in [2.24, 2.45) is 0 Å². The van der Waals surface area contributed by atoms with E-state index in [1.165, 1.54) is 0 Å². The van der Waals surface area contributed by atoms with E-state index in [0.29, 0.717) is 11.5 Å². The summed E-state index contributed by atoms with van der Waals surface area (Å²) in [5.41, 5.74) is 4.45. The van der Waals surface area contributed by atoms with E-state index in [-0.39, 0.29) is 6.04 Å². The van der Waals surface area contributed by atoms with Gasteiger partial charge in [-0.1, -0.05) is 26.3 Å². The van der Waals surface area contributed by atoms with Gasteiger partial charge in [-0.25, -0.2) is 15.0 Å². The van der Waals surface area contributed by atoms with Crippen molar-refractivity contribution in [1.82, 2.24) is 19.5 Å². The molecule has 0 fully saturated rings. The molecule has 148 valence electrons. The minimum Gasteiger partial charge on any atom is -0.493 e. The van der Waals surface area contributed by atoms with Gasteiger partial charge in [0.2, 0.25) is 0 Å². The zero-order chi connectivity index (χ0) is 20.3. The van der Waals surface area contributed by atoms with Gasteiger partial charge in [-0.15, -0.1) is 6.58 Å². The molecule has 1 aromatic carbocycles. The number of benzene rings is 1. The van der Waals surface area contributed by atoms with Crippen molar-refractivity contribution in [3.8, 4) is 22.8 Å². The molecule has 0 aliphatic carbocycles. The van der Waals surface area contributed by atoms with Gasteiger partial charge in [-0.3, -0.25) is 0 Å². The van der Waals surface area contributed by atoms with Crippen LogP contribution in [0.4, 0.5) is 0 Å². The van der Waals surface area contributed by atoms with Gasteiger partial charge in [0.25, 0.3) is 0 Å². The maximum atomic E-state index is 5.50. The third-order valence-electron chi connectivity index (χ3n) is 5.04. The van der Waals surface area contributed by atoms with Crippen molar-refractivity contribution in [3.05, 3.63) is 42.5 Å². The summed E-state index contributed by atoms with van der Waals surface area (Å²) < 4.78 is 13.1. The van der Waals surface area contributed by atoms with E-state index in [2.05, 4.69) is 35.0 Å². The molecule has 1 unspecified atom stereocenters. The maximum absolute atomic E-state index is 5.50. The van der Waals surface area contributed by atoms with E-state index in [1.54, 1.807) is 20.5 Å². The normalized spacial score (nSPS) is 12.2. The van der Waals surface area contributed by atoms with Gasteiger partial charge in [0.15, 0.2) is 17.1 Å². The summed E-state index contributed by atoms with van der Waals surface area (Å²) in [6.07, 6.45) is 6.46. The second kappa shape index (κ2) is 8.42. The van der Waals surface area contributed by atoms with E-state index in [4.69, 9.17) is 14.5 Å². The number of hydrogen-bond donors (Lipinski definition) is 0. The molecule has 6 heteroatoms. The van der Waals surface area contributed by atoms with Crippen LogP contribution in [0.15, 0.2) is 31.1 Å². The predicted octanol–water partition coefficient (Wildman–Crippen LogP) is 4.91. The molecule has 1 atom stereocenters. The molecule has 0 N–H and O–H groups in total. The van der Waals surface area contributed by atoms with Crippen molar-refractivity contribution < 1.29 is 9.47 Å². The quantitative estimate of drug-likeness (QED) is 0.520. The van der Waals surface area contributed by atoms with Crippen molar-refractivity contribution in [3.63, 3.8) is 0 Å². The highest BCUT2D eigenvalue weighted by atomic mass is 16.5. The zero-order valence-corrected chi connectivity index (χ0v) is 17.3. The number of nitrogens with zero attached hydrogens (tertiary/aromatic N) is 4. The van der Waals surface area contributed by atoms with Gasteiger partial charge in [0, 0.05) is 12.0 Å². The van der Waals surface area contributed by atoms with Crippen molar-refractivity contribution in [2.45, 2.75) is 46.1 Å². The number of hydrogen-bond acceptors (Lipinski definition) is 5. The van der Waals surface area contributed by atoms with Crippen LogP contribution in [0.1, 0.15) is 44.1 Å². The van der Waals surface area contributed by atoms with Gasteiger partial charge < -0.3 is 14.0 Å². The van der Waals surface area contributed by atoms with E-state index in [0.717, 1.165) is 53.1 Å². The molecule has 0 aliphatic heterocycles. The summed E-state index contributed by atoms with van der Waals surface area (Å²) in [4.78, 5) is 14.1. The van der Waals surface area contributed by atoms with Gasteiger partial charge in [-0.2, -0.15) is 0 Å². The average molecular weight is 380 g/mol. The summed E-state index contributed by atoms with van der Waals surface area (Å²) in [5.74, 6) is 2.36. The monoisotopic (exact) mass is 380 g/mol. The summed E-state index contributed by atoms with van der Waals surface area (Å²) >= 11 is 0. The number of imidazole rings is 1. The van der Waals surface area contributed by atoms with Crippen LogP contribution in [0.25, 0.3) is 22.4 Å². The van der Waals surface area contributed by atoms with Crippen LogP contribution in [0, 0.1) is 6.92 Å². The molecular weight excluding hydrogens is 352 g/mol. The molecule has 0 bridgehead atoms. The Kier molecular flexibility index (Phi) is 5.97. The lowest BCUT2D eigenvalue weighted by atomic mass is 10.0. The summed E-state index contributed by atoms with van der Waals surface area (Å²) in [5, 5.41) is 0. The highest BCUT2D eigenvalue weighted by molar-refractivity contribution is 5.89. The Morgan fingerprint density at radius 3 is 2.46 bits per heavy atom. The van der Waals surface area contributed by atoms with E-state index in [1.807, 2.05) is 25.1 Å². The number of fused-ring (bicyclic) bond motifs is 1. The van der Waals surface area contributed by atoms with Gasteiger partial charge in [0.05, 0.1) is 20.3 Å². The van der Waals surface area contributed by atoms with Crippen LogP contribution >= 0.6 is 0 Å². The SMILES string of the molecule is C=CC(CCC)n1c(CC)nc2c(-c3cc(OC)c(OC)cc3C)ncnc21. The Morgan fingerprint density at radius 1 is 1.14 bits per heavy atom. The van der Waals surface area contributed by atoms with E-state index >= 15 is 0 Å². The smallest absolute Gasteiger partial charge is 0.164 e. The largest absolute Gasteiger partial charge is 0.493 e. The minimum absolute atomic E-state index is 0.166. The molecule has 2 heterocycles. The summed E-state index contributed by atoms with van der Waals surface area (Å²) in [7, 11) is 3.27. The molecular formula is C22H28N4O2. The lowest BCUT2D eigenvalue weighted by Crippen LogP contribution is -2.10. The van der Waals surface area contributed by atoms with Crippen molar-refractivity contribution >= 4 is 11.2 Å². The highest BCUT2D eigenvalue weighted by Gasteiger charge is 2.21. The number of ether oxygens (including phenoxy) is 2. The van der Waals surface area contributed by atoms with E-state index in [9.17, 15) is 0 Å². The van der Waals surface area contributed by atoms with Crippen LogP contribution < -0.4 is 9.47 Å². The van der Waals surface area contributed by atoms with Crippen LogP contribution in [-0.2, 0) is 6.42 Å². The van der Waals surface area contributed by atoms with Crippen molar-refractivity contribution in [1.29, 1.82) is 0 Å². The maximum Gasteiger partial charge on any atom is 0.164 e. The molecule has 3 rings (SSSR count).